The normalized spacial score (nSPS) is 11.0. The largest absolute Gasteiger partial charge is 0.455 e. The molecular formula is C25H21N3O3. The zero-order valence-corrected chi connectivity index (χ0v) is 17.2. The number of para-hydroxylation sites is 2. The van der Waals surface area contributed by atoms with E-state index in [9.17, 15) is 10.1 Å². The van der Waals surface area contributed by atoms with Crippen molar-refractivity contribution in [2.45, 2.75) is 13.8 Å². The first-order valence-corrected chi connectivity index (χ1v) is 9.83. The highest BCUT2D eigenvalue weighted by Crippen LogP contribution is 2.33. The summed E-state index contributed by atoms with van der Waals surface area (Å²) in [5, 5.41) is 17.9. The number of hydrogen-bond acceptors (Lipinski definition) is 5. The van der Waals surface area contributed by atoms with Crippen molar-refractivity contribution in [3.05, 3.63) is 112 Å². The highest BCUT2D eigenvalue weighted by atomic mass is 16.6. The van der Waals surface area contributed by atoms with Crippen LogP contribution in [0, 0.1) is 24.0 Å². The fourth-order valence-corrected chi connectivity index (χ4v) is 3.25. The SMILES string of the molecule is Cc1cc(-c2ccc(/C=N\N(c3ccccc3)c3ccccc3)o2)c([N+](=O)[O-])cc1C. The van der Waals surface area contributed by atoms with Crippen molar-refractivity contribution >= 4 is 23.3 Å². The topological polar surface area (TPSA) is 71.9 Å². The average molecular weight is 411 g/mol. The van der Waals surface area contributed by atoms with Gasteiger partial charge in [0.2, 0.25) is 0 Å². The number of furan rings is 1. The second kappa shape index (κ2) is 8.67. The summed E-state index contributed by atoms with van der Waals surface area (Å²) in [7, 11) is 0. The highest BCUT2D eigenvalue weighted by molar-refractivity contribution is 5.81. The van der Waals surface area contributed by atoms with Gasteiger partial charge < -0.3 is 4.42 Å². The molecule has 0 amide bonds. The number of nitro benzene ring substituents is 1. The maximum Gasteiger partial charge on any atom is 0.280 e. The molecule has 1 heterocycles. The molecule has 0 saturated heterocycles. The van der Waals surface area contributed by atoms with Gasteiger partial charge >= 0.3 is 0 Å². The van der Waals surface area contributed by atoms with Crippen LogP contribution in [-0.2, 0) is 0 Å². The van der Waals surface area contributed by atoms with Crippen molar-refractivity contribution in [3.8, 4) is 11.3 Å². The second-order valence-corrected chi connectivity index (χ2v) is 7.14. The van der Waals surface area contributed by atoms with Crippen molar-refractivity contribution in [1.29, 1.82) is 0 Å². The van der Waals surface area contributed by atoms with Crippen molar-refractivity contribution in [3.63, 3.8) is 0 Å². The minimum absolute atomic E-state index is 0.0242. The Bertz CT molecular complexity index is 1190. The van der Waals surface area contributed by atoms with Gasteiger partial charge in [0.25, 0.3) is 5.69 Å². The summed E-state index contributed by atoms with van der Waals surface area (Å²) in [6.07, 6.45) is 1.61. The third-order valence-electron chi connectivity index (χ3n) is 5.00. The maximum atomic E-state index is 11.5. The predicted octanol–water partition coefficient (Wildman–Crippen LogP) is 6.64. The zero-order chi connectivity index (χ0) is 21.8. The summed E-state index contributed by atoms with van der Waals surface area (Å²) < 4.78 is 5.90. The lowest BCUT2D eigenvalue weighted by molar-refractivity contribution is -0.384. The van der Waals surface area contributed by atoms with E-state index in [0.29, 0.717) is 17.1 Å². The van der Waals surface area contributed by atoms with Crippen LogP contribution in [0.15, 0.2) is 94.4 Å². The Labute approximate surface area is 180 Å². The number of aryl methyl sites for hydroxylation is 2. The quantitative estimate of drug-likeness (QED) is 0.202. The van der Waals surface area contributed by atoms with Crippen LogP contribution in [0.1, 0.15) is 16.9 Å². The van der Waals surface area contributed by atoms with Crippen LogP contribution >= 0.6 is 0 Å². The Morgan fingerprint density at radius 1 is 0.871 bits per heavy atom. The lowest BCUT2D eigenvalue weighted by Crippen LogP contribution is -2.08. The first-order chi connectivity index (χ1) is 15.0. The third-order valence-corrected chi connectivity index (χ3v) is 5.00. The molecule has 0 bridgehead atoms. The molecule has 1 aromatic heterocycles. The summed E-state index contributed by atoms with van der Waals surface area (Å²) in [5.41, 5.74) is 4.12. The van der Waals surface area contributed by atoms with Gasteiger partial charge in [-0.2, -0.15) is 5.10 Å². The van der Waals surface area contributed by atoms with E-state index in [1.165, 1.54) is 0 Å². The molecule has 31 heavy (non-hydrogen) atoms. The Hall–Kier alpha value is -4.19. The molecule has 0 atom stereocenters. The summed E-state index contributed by atoms with van der Waals surface area (Å²) in [6, 6.07) is 26.4. The second-order valence-electron chi connectivity index (χ2n) is 7.14. The molecule has 0 radical (unpaired) electrons. The maximum absolute atomic E-state index is 11.5. The van der Waals surface area contributed by atoms with E-state index in [2.05, 4.69) is 5.10 Å². The number of nitrogens with zero attached hydrogens (tertiary/aromatic N) is 3. The number of hydrazone groups is 1. The molecule has 0 N–H and O–H groups in total. The molecular weight excluding hydrogens is 390 g/mol. The molecule has 0 aliphatic rings. The molecule has 4 aromatic rings. The molecule has 154 valence electrons. The van der Waals surface area contributed by atoms with Crippen molar-refractivity contribution < 1.29 is 9.34 Å². The number of anilines is 2. The van der Waals surface area contributed by atoms with E-state index in [-0.39, 0.29) is 10.6 Å². The van der Waals surface area contributed by atoms with Crippen LogP contribution in [0.2, 0.25) is 0 Å². The fourth-order valence-electron chi connectivity index (χ4n) is 3.25. The molecule has 0 saturated carbocycles. The lowest BCUT2D eigenvalue weighted by atomic mass is 10.0. The Morgan fingerprint density at radius 2 is 1.45 bits per heavy atom. The minimum atomic E-state index is -0.384. The Balaban J connectivity index is 1.68. The van der Waals surface area contributed by atoms with E-state index in [1.807, 2.05) is 74.5 Å². The van der Waals surface area contributed by atoms with E-state index in [0.717, 1.165) is 22.5 Å². The molecule has 3 aromatic carbocycles. The lowest BCUT2D eigenvalue weighted by Gasteiger charge is -2.18. The average Bonchev–Trinajstić information content (AvgIpc) is 3.26. The summed E-state index contributed by atoms with van der Waals surface area (Å²) in [6.45, 7) is 3.78. The Morgan fingerprint density at radius 3 is 2.03 bits per heavy atom. The van der Waals surface area contributed by atoms with Gasteiger partial charge in [0.15, 0.2) is 0 Å². The van der Waals surface area contributed by atoms with Crippen LogP contribution in [0.25, 0.3) is 11.3 Å². The van der Waals surface area contributed by atoms with Crippen LogP contribution in [0.5, 0.6) is 0 Å². The van der Waals surface area contributed by atoms with Crippen LogP contribution in [0.3, 0.4) is 0 Å². The van der Waals surface area contributed by atoms with Gasteiger partial charge in [-0.15, -0.1) is 0 Å². The first kappa shape index (κ1) is 20.1. The number of rotatable bonds is 6. The van der Waals surface area contributed by atoms with Gasteiger partial charge in [-0.05, 0) is 67.4 Å². The number of nitro groups is 1. The summed E-state index contributed by atoms with van der Waals surface area (Å²) >= 11 is 0. The fraction of sp³-hybridized carbons (Fsp3) is 0.0800. The van der Waals surface area contributed by atoms with Crippen molar-refractivity contribution in [2.75, 3.05) is 5.01 Å². The van der Waals surface area contributed by atoms with Gasteiger partial charge in [0.1, 0.15) is 11.5 Å². The van der Waals surface area contributed by atoms with Crippen molar-refractivity contribution in [1.82, 2.24) is 0 Å². The smallest absolute Gasteiger partial charge is 0.280 e. The third kappa shape index (κ3) is 4.38. The van der Waals surface area contributed by atoms with Crippen LogP contribution < -0.4 is 5.01 Å². The molecule has 0 fully saturated rings. The van der Waals surface area contributed by atoms with E-state index in [1.54, 1.807) is 35.5 Å². The van der Waals surface area contributed by atoms with Gasteiger partial charge in [0.05, 0.1) is 28.1 Å². The predicted molar refractivity (Wildman–Crippen MR) is 123 cm³/mol. The van der Waals surface area contributed by atoms with Crippen LogP contribution in [-0.4, -0.2) is 11.1 Å². The molecule has 0 unspecified atom stereocenters. The van der Waals surface area contributed by atoms with Gasteiger partial charge in [0, 0.05) is 6.07 Å². The highest BCUT2D eigenvalue weighted by Gasteiger charge is 2.19. The monoisotopic (exact) mass is 411 g/mol. The molecule has 0 aliphatic heterocycles. The molecule has 6 nitrogen and oxygen atoms in total. The van der Waals surface area contributed by atoms with Gasteiger partial charge in [-0.1, -0.05) is 36.4 Å². The first-order valence-electron chi connectivity index (χ1n) is 9.83. The van der Waals surface area contributed by atoms with Gasteiger partial charge in [-0.25, -0.2) is 5.01 Å². The summed E-state index contributed by atoms with van der Waals surface area (Å²) in [4.78, 5) is 11.1. The number of hydrogen-bond donors (Lipinski definition) is 0. The molecule has 0 spiro atoms. The zero-order valence-electron chi connectivity index (χ0n) is 17.2. The summed E-state index contributed by atoms with van der Waals surface area (Å²) in [5.74, 6) is 0.932. The molecule has 4 rings (SSSR count). The van der Waals surface area contributed by atoms with Gasteiger partial charge in [-0.3, -0.25) is 10.1 Å². The van der Waals surface area contributed by atoms with Crippen molar-refractivity contribution in [2.24, 2.45) is 5.10 Å². The molecule has 0 aliphatic carbocycles. The Kier molecular flexibility index (Phi) is 5.62. The standard InChI is InChI=1S/C25H21N3O3/c1-18-15-23(24(28(29)30)16-19(18)2)25-14-13-22(31-25)17-26-27(20-9-5-3-6-10-20)21-11-7-4-8-12-21/h3-17H,1-2H3/b26-17-. The van der Waals surface area contributed by atoms with E-state index < -0.39 is 0 Å². The number of benzene rings is 3. The van der Waals surface area contributed by atoms with E-state index >= 15 is 0 Å². The minimum Gasteiger partial charge on any atom is -0.455 e. The van der Waals surface area contributed by atoms with Crippen LogP contribution in [0.4, 0.5) is 17.1 Å². The molecule has 6 heteroatoms. The van der Waals surface area contributed by atoms with E-state index in [4.69, 9.17) is 4.42 Å².